The number of hydrogen-bond donors (Lipinski definition) is 2. The highest BCUT2D eigenvalue weighted by atomic mass is 127. The highest BCUT2D eigenvalue weighted by molar-refractivity contribution is 14.0. The van der Waals surface area contributed by atoms with Gasteiger partial charge in [0.25, 0.3) is 0 Å². The Balaban J connectivity index is 0.00000341. The van der Waals surface area contributed by atoms with Crippen LogP contribution in [0.5, 0.6) is 0 Å². The third-order valence-corrected chi connectivity index (χ3v) is 5.21. The Morgan fingerprint density at radius 1 is 1.26 bits per heavy atom. The molecule has 8 heteroatoms. The summed E-state index contributed by atoms with van der Waals surface area (Å²) in [5, 5.41) is 6.81. The number of halogens is 1. The number of ether oxygens (including phenoxy) is 1. The maximum atomic E-state index is 5.92. The van der Waals surface area contributed by atoms with Gasteiger partial charge in [0.05, 0.1) is 12.7 Å². The van der Waals surface area contributed by atoms with E-state index in [9.17, 15) is 0 Å². The second-order valence-electron chi connectivity index (χ2n) is 8.23. The van der Waals surface area contributed by atoms with Gasteiger partial charge in [-0.1, -0.05) is 44.2 Å². The highest BCUT2D eigenvalue weighted by Gasteiger charge is 2.21. The molecule has 0 bridgehead atoms. The summed E-state index contributed by atoms with van der Waals surface area (Å²) in [6, 6.07) is 10.5. The molecule has 0 saturated carbocycles. The molecule has 0 spiro atoms. The number of guanidine groups is 1. The van der Waals surface area contributed by atoms with Crippen LogP contribution in [0.2, 0.25) is 0 Å². The number of aromatic nitrogens is 2. The first-order valence-corrected chi connectivity index (χ1v) is 11.0. The second kappa shape index (κ2) is 13.7. The maximum absolute atomic E-state index is 5.92. The highest BCUT2D eigenvalue weighted by Crippen LogP contribution is 2.08. The Kier molecular flexibility index (Phi) is 11.3. The lowest BCUT2D eigenvalue weighted by atomic mass is 10.2. The minimum atomic E-state index is 0. The quantitative estimate of drug-likeness (QED) is 0.291. The molecule has 1 aliphatic heterocycles. The van der Waals surface area contributed by atoms with Gasteiger partial charge in [0.2, 0.25) is 0 Å². The third kappa shape index (κ3) is 8.78. The average Bonchev–Trinajstić information content (AvgIpc) is 3.18. The summed E-state index contributed by atoms with van der Waals surface area (Å²) in [7, 11) is 1.80. The van der Waals surface area contributed by atoms with Gasteiger partial charge in [-0.05, 0) is 11.5 Å². The third-order valence-electron chi connectivity index (χ3n) is 5.21. The number of hydrogen-bond acceptors (Lipinski definition) is 4. The molecule has 1 saturated heterocycles. The lowest BCUT2D eigenvalue weighted by Gasteiger charge is -2.34. The van der Waals surface area contributed by atoms with Crippen molar-refractivity contribution in [1.29, 1.82) is 0 Å². The molecule has 2 aromatic rings. The van der Waals surface area contributed by atoms with Crippen LogP contribution in [0.1, 0.15) is 25.2 Å². The summed E-state index contributed by atoms with van der Waals surface area (Å²) in [6.45, 7) is 10.8. The first-order valence-electron chi connectivity index (χ1n) is 11.0. The van der Waals surface area contributed by atoms with Gasteiger partial charge >= 0.3 is 0 Å². The summed E-state index contributed by atoms with van der Waals surface area (Å²) >= 11 is 0. The SMILES string of the molecule is CN=C(NCCc1nccn1Cc1ccccc1)NCC1CN(CC(C)C)CCO1.I. The van der Waals surface area contributed by atoms with Crippen LogP contribution in [0.3, 0.4) is 0 Å². The zero-order valence-corrected chi connectivity index (χ0v) is 21.3. The molecule has 7 nitrogen and oxygen atoms in total. The fraction of sp³-hybridized carbons (Fsp3) is 0.565. The van der Waals surface area contributed by atoms with Crippen molar-refractivity contribution in [1.82, 2.24) is 25.1 Å². The fourth-order valence-electron chi connectivity index (χ4n) is 3.80. The normalized spacial score (nSPS) is 17.4. The molecule has 1 aromatic carbocycles. The molecule has 0 amide bonds. The first-order chi connectivity index (χ1) is 14.6. The summed E-state index contributed by atoms with van der Waals surface area (Å²) in [4.78, 5) is 11.4. The standard InChI is InChI=1S/C23H36N6O.HI/c1-19(2)16-28-13-14-30-21(18-28)15-27-23(24-3)26-10-9-22-25-11-12-29(22)17-20-7-5-4-6-8-20;/h4-8,11-12,19,21H,9-10,13-18H2,1-3H3,(H2,24,26,27);1H. The smallest absolute Gasteiger partial charge is 0.191 e. The van der Waals surface area contributed by atoms with Crippen molar-refractivity contribution in [3.05, 3.63) is 54.1 Å². The van der Waals surface area contributed by atoms with Crippen LogP contribution in [-0.2, 0) is 17.7 Å². The molecular formula is C23H37IN6O. The minimum Gasteiger partial charge on any atom is -0.374 e. The molecule has 0 radical (unpaired) electrons. The Bertz CT molecular complexity index is 779. The predicted molar refractivity (Wildman–Crippen MR) is 137 cm³/mol. The number of benzene rings is 1. The summed E-state index contributed by atoms with van der Waals surface area (Å²) < 4.78 is 8.12. The fourth-order valence-corrected chi connectivity index (χ4v) is 3.80. The van der Waals surface area contributed by atoms with Crippen LogP contribution in [0.15, 0.2) is 47.7 Å². The lowest BCUT2D eigenvalue weighted by molar-refractivity contribution is -0.0284. The summed E-state index contributed by atoms with van der Waals surface area (Å²) in [5.41, 5.74) is 1.28. The van der Waals surface area contributed by atoms with Gasteiger partial charge < -0.3 is 19.9 Å². The summed E-state index contributed by atoms with van der Waals surface area (Å²) in [5.74, 6) is 2.56. The lowest BCUT2D eigenvalue weighted by Crippen LogP contribution is -2.50. The van der Waals surface area contributed by atoms with E-state index in [1.807, 2.05) is 18.5 Å². The topological polar surface area (TPSA) is 66.7 Å². The van der Waals surface area contributed by atoms with Crippen molar-refractivity contribution in [2.24, 2.45) is 10.9 Å². The zero-order valence-electron chi connectivity index (χ0n) is 19.0. The van der Waals surface area contributed by atoms with E-state index in [1.54, 1.807) is 7.05 Å². The van der Waals surface area contributed by atoms with Gasteiger partial charge in [0.15, 0.2) is 5.96 Å². The van der Waals surface area contributed by atoms with Gasteiger partial charge in [0, 0.05) is 65.1 Å². The largest absolute Gasteiger partial charge is 0.374 e. The zero-order chi connectivity index (χ0) is 21.2. The minimum absolute atomic E-state index is 0. The van der Waals surface area contributed by atoms with Gasteiger partial charge in [0.1, 0.15) is 5.82 Å². The molecular weight excluding hydrogens is 503 g/mol. The van der Waals surface area contributed by atoms with Crippen molar-refractivity contribution in [2.45, 2.75) is 32.9 Å². The number of morpholine rings is 1. The van der Waals surface area contributed by atoms with E-state index in [0.717, 1.165) is 64.1 Å². The molecule has 31 heavy (non-hydrogen) atoms. The first kappa shape index (κ1) is 25.6. The van der Waals surface area contributed by atoms with E-state index in [-0.39, 0.29) is 30.1 Å². The van der Waals surface area contributed by atoms with E-state index in [1.165, 1.54) is 5.56 Å². The molecule has 1 atom stereocenters. The second-order valence-corrected chi connectivity index (χ2v) is 8.23. The van der Waals surface area contributed by atoms with E-state index < -0.39 is 0 Å². The monoisotopic (exact) mass is 540 g/mol. The Labute approximate surface area is 203 Å². The van der Waals surface area contributed by atoms with Crippen molar-refractivity contribution >= 4 is 29.9 Å². The molecule has 1 aromatic heterocycles. The van der Waals surface area contributed by atoms with Crippen molar-refractivity contribution < 1.29 is 4.74 Å². The van der Waals surface area contributed by atoms with Crippen molar-refractivity contribution in [2.75, 3.05) is 46.4 Å². The van der Waals surface area contributed by atoms with Gasteiger partial charge in [-0.15, -0.1) is 24.0 Å². The van der Waals surface area contributed by atoms with E-state index in [4.69, 9.17) is 4.74 Å². The number of aliphatic imine (C=N–C) groups is 1. The number of nitrogens with one attached hydrogen (secondary N) is 2. The van der Waals surface area contributed by atoms with Crippen LogP contribution in [-0.4, -0.2) is 72.9 Å². The van der Waals surface area contributed by atoms with Crippen LogP contribution >= 0.6 is 24.0 Å². The van der Waals surface area contributed by atoms with Crippen molar-refractivity contribution in [3.63, 3.8) is 0 Å². The van der Waals surface area contributed by atoms with Gasteiger partial charge in [-0.3, -0.25) is 9.89 Å². The van der Waals surface area contributed by atoms with E-state index in [2.05, 4.69) is 68.2 Å². The van der Waals surface area contributed by atoms with E-state index in [0.29, 0.717) is 5.92 Å². The van der Waals surface area contributed by atoms with Gasteiger partial charge in [-0.25, -0.2) is 4.98 Å². The molecule has 0 aliphatic carbocycles. The molecule has 1 fully saturated rings. The predicted octanol–water partition coefficient (Wildman–Crippen LogP) is 2.61. The number of rotatable bonds is 9. The molecule has 2 heterocycles. The van der Waals surface area contributed by atoms with Crippen LogP contribution in [0.25, 0.3) is 0 Å². The Hall–Kier alpha value is -1.65. The maximum Gasteiger partial charge on any atom is 0.191 e. The van der Waals surface area contributed by atoms with E-state index >= 15 is 0 Å². The molecule has 172 valence electrons. The molecule has 3 rings (SSSR count). The van der Waals surface area contributed by atoms with Crippen LogP contribution in [0.4, 0.5) is 0 Å². The number of imidazole rings is 1. The molecule has 1 unspecified atom stereocenters. The van der Waals surface area contributed by atoms with Crippen molar-refractivity contribution in [3.8, 4) is 0 Å². The Morgan fingerprint density at radius 2 is 2.06 bits per heavy atom. The van der Waals surface area contributed by atoms with Crippen LogP contribution in [0, 0.1) is 5.92 Å². The molecule has 1 aliphatic rings. The Morgan fingerprint density at radius 3 is 2.81 bits per heavy atom. The summed E-state index contributed by atoms with van der Waals surface area (Å²) in [6.07, 6.45) is 4.94. The van der Waals surface area contributed by atoms with Gasteiger partial charge in [-0.2, -0.15) is 0 Å². The number of nitrogens with zero attached hydrogens (tertiary/aromatic N) is 4. The molecule has 2 N–H and O–H groups in total. The average molecular weight is 540 g/mol. The van der Waals surface area contributed by atoms with Crippen LogP contribution < -0.4 is 10.6 Å².